The van der Waals surface area contributed by atoms with Crippen molar-refractivity contribution in [2.24, 2.45) is 5.41 Å². The molecule has 0 amide bonds. The van der Waals surface area contributed by atoms with Gasteiger partial charge in [0.2, 0.25) is 5.41 Å². The first kappa shape index (κ1) is 17.4. The Morgan fingerprint density at radius 1 is 1.00 bits per heavy atom. The molecule has 3 nitrogen and oxygen atoms in total. The Hall–Kier alpha value is -0.680. The maximum atomic E-state index is 13.6. The molecule has 0 radical (unpaired) electrons. The van der Waals surface area contributed by atoms with E-state index in [0.717, 1.165) is 0 Å². The Morgan fingerprint density at radius 2 is 1.40 bits per heavy atom. The van der Waals surface area contributed by atoms with E-state index < -0.39 is 42.9 Å². The van der Waals surface area contributed by atoms with Crippen LogP contribution in [0, 0.1) is 5.41 Å². The zero-order valence-electron chi connectivity index (χ0n) is 10.2. The number of methoxy groups -OCH3 is 1. The lowest BCUT2D eigenvalue weighted by Crippen LogP contribution is -2.72. The van der Waals surface area contributed by atoms with Gasteiger partial charge >= 0.3 is 24.4 Å². The van der Waals surface area contributed by atoms with E-state index in [9.17, 15) is 35.1 Å². The minimum Gasteiger partial charge on any atom is -0.323 e. The monoisotopic (exact) mass is 318 g/mol. The first-order chi connectivity index (χ1) is 8.85. The SMILES string of the molecule is CCC1(C(F)(F)OC)C(F)(F)OC(F)(CF)OC1(F)F. The van der Waals surface area contributed by atoms with Crippen LogP contribution in [0.25, 0.3) is 0 Å². The van der Waals surface area contributed by atoms with Gasteiger partial charge in [-0.05, 0) is 6.42 Å². The van der Waals surface area contributed by atoms with Crippen molar-refractivity contribution in [1.29, 1.82) is 0 Å². The molecule has 1 rings (SSSR count). The van der Waals surface area contributed by atoms with Crippen molar-refractivity contribution < 1.29 is 49.3 Å². The molecule has 0 unspecified atom stereocenters. The highest BCUT2D eigenvalue weighted by Gasteiger charge is 2.86. The van der Waals surface area contributed by atoms with E-state index in [1.807, 2.05) is 0 Å². The maximum Gasteiger partial charge on any atom is 0.382 e. The van der Waals surface area contributed by atoms with Gasteiger partial charge in [-0.15, -0.1) is 0 Å². The first-order valence-electron chi connectivity index (χ1n) is 5.18. The second-order valence-electron chi connectivity index (χ2n) is 4.01. The highest BCUT2D eigenvalue weighted by atomic mass is 19.3. The fourth-order valence-corrected chi connectivity index (χ4v) is 1.93. The summed E-state index contributed by atoms with van der Waals surface area (Å²) in [6, 6.07) is -4.55. The molecule has 1 fully saturated rings. The van der Waals surface area contributed by atoms with Crippen molar-refractivity contribution in [2.45, 2.75) is 37.7 Å². The number of halogens is 8. The lowest BCUT2D eigenvalue weighted by atomic mass is 9.79. The third kappa shape index (κ3) is 2.06. The average molecular weight is 318 g/mol. The van der Waals surface area contributed by atoms with E-state index in [-0.39, 0.29) is 7.11 Å². The van der Waals surface area contributed by atoms with E-state index in [1.165, 1.54) is 0 Å². The highest BCUT2D eigenvalue weighted by molar-refractivity contribution is 5.02. The number of hydrogen-bond donors (Lipinski definition) is 0. The first-order valence-corrected chi connectivity index (χ1v) is 5.18. The lowest BCUT2D eigenvalue weighted by Gasteiger charge is -2.51. The molecule has 1 aliphatic rings. The molecule has 0 saturated carbocycles. The summed E-state index contributed by atoms with van der Waals surface area (Å²) in [5.41, 5.74) is -4.66. The van der Waals surface area contributed by atoms with Gasteiger partial charge in [0, 0.05) is 7.11 Å². The molecular formula is C9H10F8O3. The standard InChI is InChI=1S/C9H10F8O3/c1-3-5(7(12,13)18-2)8(14,15)19-6(11,4-10)20-9(5,16)17/h3-4H2,1-2H3. The Bertz CT molecular complexity index is 354. The number of ether oxygens (including phenoxy) is 3. The molecule has 1 saturated heterocycles. The molecule has 0 aromatic heterocycles. The summed E-state index contributed by atoms with van der Waals surface area (Å²) in [6.45, 7) is -2.00. The third-order valence-electron chi connectivity index (χ3n) is 3.00. The van der Waals surface area contributed by atoms with E-state index in [0.29, 0.717) is 6.92 Å². The molecular weight excluding hydrogens is 308 g/mol. The van der Waals surface area contributed by atoms with Gasteiger partial charge in [-0.2, -0.15) is 30.7 Å². The molecule has 0 spiro atoms. The fourth-order valence-electron chi connectivity index (χ4n) is 1.93. The molecule has 0 N–H and O–H groups in total. The molecule has 0 aliphatic carbocycles. The number of alkyl halides is 8. The normalized spacial score (nSPS) is 36.9. The summed E-state index contributed by atoms with van der Waals surface area (Å²) in [6.07, 6.45) is -17.7. The molecule has 0 atom stereocenters. The molecule has 20 heavy (non-hydrogen) atoms. The predicted molar refractivity (Wildman–Crippen MR) is 46.6 cm³/mol. The molecule has 0 aromatic rings. The van der Waals surface area contributed by atoms with Gasteiger partial charge in [-0.3, -0.25) is 9.47 Å². The van der Waals surface area contributed by atoms with Gasteiger partial charge in [0.1, 0.15) is 0 Å². The van der Waals surface area contributed by atoms with E-state index in [1.54, 1.807) is 0 Å². The van der Waals surface area contributed by atoms with Crippen LogP contribution in [-0.2, 0) is 14.2 Å². The summed E-state index contributed by atoms with van der Waals surface area (Å²) in [5, 5.41) is 0. The van der Waals surface area contributed by atoms with Crippen molar-refractivity contribution in [3.05, 3.63) is 0 Å². The second kappa shape index (κ2) is 4.67. The molecule has 0 aromatic carbocycles. The van der Waals surface area contributed by atoms with E-state index >= 15 is 0 Å². The Morgan fingerprint density at radius 3 is 1.65 bits per heavy atom. The van der Waals surface area contributed by atoms with Gasteiger partial charge < -0.3 is 4.74 Å². The fraction of sp³-hybridized carbons (Fsp3) is 1.00. The van der Waals surface area contributed by atoms with Crippen LogP contribution in [0.3, 0.4) is 0 Å². The Labute approximate surface area is 107 Å². The van der Waals surface area contributed by atoms with Crippen LogP contribution in [0.4, 0.5) is 35.1 Å². The smallest absolute Gasteiger partial charge is 0.323 e. The van der Waals surface area contributed by atoms with Crippen LogP contribution >= 0.6 is 0 Å². The van der Waals surface area contributed by atoms with Crippen molar-refractivity contribution in [2.75, 3.05) is 13.8 Å². The number of hydrogen-bond acceptors (Lipinski definition) is 3. The zero-order valence-corrected chi connectivity index (χ0v) is 10.2. The maximum absolute atomic E-state index is 13.6. The Kier molecular flexibility index (Phi) is 4.05. The van der Waals surface area contributed by atoms with Crippen molar-refractivity contribution in [1.82, 2.24) is 0 Å². The minimum absolute atomic E-state index is 0.191. The lowest BCUT2D eigenvalue weighted by molar-refractivity contribution is -0.604. The van der Waals surface area contributed by atoms with Crippen molar-refractivity contribution >= 4 is 0 Å². The molecule has 1 aliphatic heterocycles. The largest absolute Gasteiger partial charge is 0.382 e. The highest BCUT2D eigenvalue weighted by Crippen LogP contribution is 2.64. The van der Waals surface area contributed by atoms with Crippen LogP contribution in [-0.4, -0.2) is 38.2 Å². The molecule has 11 heteroatoms. The summed E-state index contributed by atoms with van der Waals surface area (Å²) in [4.78, 5) is 0. The number of rotatable bonds is 4. The van der Waals surface area contributed by atoms with Crippen LogP contribution in [0.5, 0.6) is 0 Å². The Balaban J connectivity index is 3.51. The molecule has 0 bridgehead atoms. The van der Waals surface area contributed by atoms with Crippen LogP contribution in [0.2, 0.25) is 0 Å². The van der Waals surface area contributed by atoms with E-state index in [2.05, 4.69) is 14.2 Å². The third-order valence-corrected chi connectivity index (χ3v) is 3.00. The van der Waals surface area contributed by atoms with Crippen LogP contribution < -0.4 is 0 Å². The second-order valence-corrected chi connectivity index (χ2v) is 4.01. The van der Waals surface area contributed by atoms with Crippen LogP contribution in [0.15, 0.2) is 0 Å². The van der Waals surface area contributed by atoms with Crippen molar-refractivity contribution in [3.8, 4) is 0 Å². The summed E-state index contributed by atoms with van der Waals surface area (Å²) < 4.78 is 116. The van der Waals surface area contributed by atoms with Crippen molar-refractivity contribution in [3.63, 3.8) is 0 Å². The molecule has 120 valence electrons. The van der Waals surface area contributed by atoms with Gasteiger partial charge in [0.25, 0.3) is 0 Å². The summed E-state index contributed by atoms with van der Waals surface area (Å²) in [7, 11) is 0.191. The predicted octanol–water partition coefficient (Wildman–Crippen LogP) is 3.45. The van der Waals surface area contributed by atoms with Gasteiger partial charge in [0.15, 0.2) is 6.67 Å². The van der Waals surface area contributed by atoms with Gasteiger partial charge in [-0.25, -0.2) is 4.39 Å². The zero-order chi connectivity index (χ0) is 16.0. The average Bonchev–Trinajstić information content (AvgIpc) is 2.26. The topological polar surface area (TPSA) is 27.7 Å². The van der Waals surface area contributed by atoms with E-state index in [4.69, 9.17) is 0 Å². The quantitative estimate of drug-likeness (QED) is 0.743. The van der Waals surface area contributed by atoms with Gasteiger partial charge in [0.05, 0.1) is 0 Å². The summed E-state index contributed by atoms with van der Waals surface area (Å²) in [5.74, 6) is 0. The van der Waals surface area contributed by atoms with Crippen LogP contribution in [0.1, 0.15) is 13.3 Å². The minimum atomic E-state index is -5.47. The van der Waals surface area contributed by atoms with Gasteiger partial charge in [-0.1, -0.05) is 6.92 Å². The molecule has 1 heterocycles. The summed E-state index contributed by atoms with van der Waals surface area (Å²) >= 11 is 0.